The van der Waals surface area contributed by atoms with Gasteiger partial charge < -0.3 is 9.88 Å². The van der Waals surface area contributed by atoms with Gasteiger partial charge in [-0.2, -0.15) is 0 Å². The Morgan fingerprint density at radius 3 is 2.39 bits per heavy atom. The van der Waals surface area contributed by atoms with Crippen LogP contribution in [0.2, 0.25) is 0 Å². The molecule has 2 fully saturated rings. The molecule has 2 aliphatic heterocycles. The lowest BCUT2D eigenvalue weighted by Gasteiger charge is -2.46. The Labute approximate surface area is 229 Å². The molecule has 0 radical (unpaired) electrons. The van der Waals surface area contributed by atoms with Gasteiger partial charge in [0.05, 0.1) is 6.04 Å². The van der Waals surface area contributed by atoms with Crippen LogP contribution in [-0.2, 0) is 18.6 Å². The second-order valence-corrected chi connectivity index (χ2v) is 11.5. The number of nitrogens with zero attached hydrogens (tertiary/aromatic N) is 6. The number of nitrogens with one attached hydrogen (secondary N) is 1. The van der Waals surface area contributed by atoms with Crippen LogP contribution in [0.25, 0.3) is 11.2 Å². The second kappa shape index (κ2) is 12.2. The minimum Gasteiger partial charge on any atom is -0.314 e. The Morgan fingerprint density at radius 2 is 1.74 bits per heavy atom. The summed E-state index contributed by atoms with van der Waals surface area (Å²) in [4.78, 5) is 17.9. The van der Waals surface area contributed by atoms with Crippen LogP contribution in [0.1, 0.15) is 68.9 Å². The maximum Gasteiger partial charge on any atom is 0.160 e. The van der Waals surface area contributed by atoms with Crippen molar-refractivity contribution in [2.75, 3.05) is 53.4 Å². The molecule has 0 amide bonds. The first-order chi connectivity index (χ1) is 18.6. The lowest BCUT2D eigenvalue weighted by atomic mass is 9.79. The van der Waals surface area contributed by atoms with Gasteiger partial charge in [-0.15, -0.1) is 0 Å². The highest BCUT2D eigenvalue weighted by molar-refractivity contribution is 5.72. The molecule has 0 bridgehead atoms. The van der Waals surface area contributed by atoms with Crippen molar-refractivity contribution in [3.05, 3.63) is 59.5 Å². The van der Waals surface area contributed by atoms with Crippen LogP contribution in [0.15, 0.2) is 42.6 Å². The number of hydrogen-bond donors (Lipinski definition) is 1. The van der Waals surface area contributed by atoms with Gasteiger partial charge in [-0.3, -0.25) is 14.7 Å². The van der Waals surface area contributed by atoms with Crippen molar-refractivity contribution < 1.29 is 0 Å². The fraction of sp³-hybridized carbons (Fsp3) is 0.613. The van der Waals surface area contributed by atoms with Crippen molar-refractivity contribution in [1.82, 2.24) is 34.6 Å². The van der Waals surface area contributed by atoms with Crippen molar-refractivity contribution in [1.29, 1.82) is 0 Å². The van der Waals surface area contributed by atoms with E-state index < -0.39 is 0 Å². The number of rotatable bonds is 10. The van der Waals surface area contributed by atoms with Crippen LogP contribution >= 0.6 is 0 Å². The first-order valence-corrected chi connectivity index (χ1v) is 14.8. The van der Waals surface area contributed by atoms with E-state index >= 15 is 0 Å². The van der Waals surface area contributed by atoms with Gasteiger partial charge in [-0.25, -0.2) is 9.97 Å². The first-order valence-electron chi connectivity index (χ1n) is 14.8. The third-order valence-corrected chi connectivity index (χ3v) is 8.83. The summed E-state index contributed by atoms with van der Waals surface area (Å²) in [5.74, 6) is 1.21. The lowest BCUT2D eigenvalue weighted by Crippen LogP contribution is -2.50. The van der Waals surface area contributed by atoms with Gasteiger partial charge in [0.15, 0.2) is 5.65 Å². The first kappa shape index (κ1) is 27.3. The van der Waals surface area contributed by atoms with E-state index in [-0.39, 0.29) is 5.54 Å². The zero-order valence-corrected chi connectivity index (χ0v) is 24.0. The van der Waals surface area contributed by atoms with Crippen LogP contribution in [0.4, 0.5) is 0 Å². The maximum atomic E-state index is 5.28. The largest absolute Gasteiger partial charge is 0.314 e. The van der Waals surface area contributed by atoms with Crippen molar-refractivity contribution in [2.24, 2.45) is 0 Å². The normalized spacial score (nSPS) is 19.8. The number of likely N-dealkylation sites (tertiary alicyclic amines) is 1. The minimum absolute atomic E-state index is 0.117. The number of hydrogen-bond acceptors (Lipinski definition) is 6. The van der Waals surface area contributed by atoms with E-state index in [1.807, 2.05) is 0 Å². The Balaban J connectivity index is 1.35. The molecule has 1 aromatic carbocycles. The molecule has 7 nitrogen and oxygen atoms in total. The van der Waals surface area contributed by atoms with Crippen LogP contribution < -0.4 is 5.32 Å². The number of fused-ring (bicyclic) bond motifs is 1. The van der Waals surface area contributed by atoms with Crippen molar-refractivity contribution in [3.63, 3.8) is 0 Å². The Kier molecular flexibility index (Phi) is 8.78. The molecule has 1 atom stereocenters. The number of piperidine rings is 1. The molecule has 4 heterocycles. The molecule has 38 heavy (non-hydrogen) atoms. The predicted octanol–water partition coefficient (Wildman–Crippen LogP) is 4.64. The van der Waals surface area contributed by atoms with E-state index in [2.05, 4.69) is 95.1 Å². The Bertz CT molecular complexity index is 1160. The van der Waals surface area contributed by atoms with Gasteiger partial charge in [-0.05, 0) is 57.0 Å². The van der Waals surface area contributed by atoms with Gasteiger partial charge in [0, 0.05) is 64.1 Å². The van der Waals surface area contributed by atoms with Crippen LogP contribution in [0.3, 0.4) is 0 Å². The molecule has 5 rings (SSSR count). The van der Waals surface area contributed by atoms with Crippen molar-refractivity contribution in [2.45, 2.75) is 70.6 Å². The highest BCUT2D eigenvalue weighted by Crippen LogP contribution is 2.37. The predicted molar refractivity (Wildman–Crippen MR) is 156 cm³/mol. The average molecular weight is 518 g/mol. The zero-order chi connectivity index (χ0) is 26.5. The highest BCUT2D eigenvalue weighted by atomic mass is 15.3. The number of piperazine rings is 1. The summed E-state index contributed by atoms with van der Waals surface area (Å²) in [5, 5.41) is 3.51. The van der Waals surface area contributed by atoms with E-state index in [9.17, 15) is 0 Å². The summed E-state index contributed by atoms with van der Waals surface area (Å²) in [5.41, 5.74) is 4.94. The fourth-order valence-corrected chi connectivity index (χ4v) is 6.68. The minimum atomic E-state index is 0.117. The number of imidazole rings is 1. The number of aryl methyl sites for hydroxylation is 1. The highest BCUT2D eigenvalue weighted by Gasteiger charge is 2.38. The maximum absolute atomic E-state index is 5.28. The third kappa shape index (κ3) is 5.53. The van der Waals surface area contributed by atoms with Gasteiger partial charge in [0.25, 0.3) is 0 Å². The van der Waals surface area contributed by atoms with Crippen molar-refractivity contribution >= 4 is 11.2 Å². The Morgan fingerprint density at radius 1 is 1.00 bits per heavy atom. The molecule has 2 aliphatic rings. The third-order valence-electron chi connectivity index (χ3n) is 8.83. The van der Waals surface area contributed by atoms with E-state index in [1.165, 1.54) is 17.0 Å². The summed E-state index contributed by atoms with van der Waals surface area (Å²) in [6.07, 6.45) is 7.77. The molecule has 0 spiro atoms. The van der Waals surface area contributed by atoms with E-state index in [4.69, 9.17) is 9.97 Å². The molecule has 206 valence electrons. The fourth-order valence-electron chi connectivity index (χ4n) is 6.68. The Hall–Kier alpha value is -2.32. The van der Waals surface area contributed by atoms with Crippen LogP contribution in [-0.4, -0.2) is 82.6 Å². The smallest absolute Gasteiger partial charge is 0.160 e. The SMILES string of the molecule is CCC[C@@H](c1nc2cc(CN3CCC(c4ccccc4)(N(C)C)CC3)cnc2n1CCC)N1CCNCC1. The summed E-state index contributed by atoms with van der Waals surface area (Å²) in [7, 11) is 4.47. The zero-order valence-electron chi connectivity index (χ0n) is 24.0. The molecular weight excluding hydrogens is 470 g/mol. The molecule has 2 aromatic heterocycles. The van der Waals surface area contributed by atoms with E-state index in [0.29, 0.717) is 6.04 Å². The monoisotopic (exact) mass is 517 g/mol. The standard InChI is InChI=1S/C31H47N7/c1-5-10-28(37-20-15-32-16-21-37)30-34-27-22-25(23-33-29(27)38(30)17-6-2)24-36-18-13-31(14-19-36,35(3)4)26-11-8-7-9-12-26/h7-9,11-12,22-23,28,32H,5-6,10,13-21,24H2,1-4H3/t28-/m0/s1. The van der Waals surface area contributed by atoms with E-state index in [0.717, 1.165) is 95.6 Å². The van der Waals surface area contributed by atoms with Crippen LogP contribution in [0, 0.1) is 0 Å². The van der Waals surface area contributed by atoms with Gasteiger partial charge in [-0.1, -0.05) is 50.6 Å². The van der Waals surface area contributed by atoms with Crippen molar-refractivity contribution in [3.8, 4) is 0 Å². The summed E-state index contributed by atoms with van der Waals surface area (Å²) >= 11 is 0. The van der Waals surface area contributed by atoms with Gasteiger partial charge in [0.2, 0.25) is 0 Å². The number of aromatic nitrogens is 3. The quantitative estimate of drug-likeness (QED) is 0.423. The van der Waals surface area contributed by atoms with E-state index in [1.54, 1.807) is 0 Å². The lowest BCUT2D eigenvalue weighted by molar-refractivity contribution is 0.0507. The molecule has 0 aliphatic carbocycles. The molecule has 3 aromatic rings. The van der Waals surface area contributed by atoms with Crippen LogP contribution in [0.5, 0.6) is 0 Å². The summed E-state index contributed by atoms with van der Waals surface area (Å²) < 4.78 is 2.41. The topological polar surface area (TPSA) is 52.5 Å². The average Bonchev–Trinajstić information content (AvgIpc) is 3.30. The molecule has 0 unspecified atom stereocenters. The van der Waals surface area contributed by atoms with Gasteiger partial charge in [0.1, 0.15) is 11.3 Å². The summed E-state index contributed by atoms with van der Waals surface area (Å²) in [6, 6.07) is 13.7. The molecule has 2 saturated heterocycles. The number of pyridine rings is 1. The molecule has 7 heteroatoms. The summed E-state index contributed by atoms with van der Waals surface area (Å²) in [6.45, 7) is 12.9. The molecule has 1 N–H and O–H groups in total. The van der Waals surface area contributed by atoms with Gasteiger partial charge >= 0.3 is 0 Å². The molecule has 0 saturated carbocycles. The second-order valence-electron chi connectivity index (χ2n) is 11.5. The molecular formula is C31H47N7. The number of benzene rings is 1.